The summed E-state index contributed by atoms with van der Waals surface area (Å²) < 4.78 is 26.7. The van der Waals surface area contributed by atoms with Crippen molar-refractivity contribution in [3.05, 3.63) is 69.5 Å². The summed E-state index contributed by atoms with van der Waals surface area (Å²) in [6, 6.07) is 11.3. The zero-order valence-electron chi connectivity index (χ0n) is 16.9. The van der Waals surface area contributed by atoms with Crippen LogP contribution in [0.2, 0.25) is 0 Å². The molecule has 1 aromatic heterocycles. The molecule has 0 aliphatic carbocycles. The number of hydrogen-bond acceptors (Lipinski definition) is 4. The Kier molecular flexibility index (Phi) is 5.21. The summed E-state index contributed by atoms with van der Waals surface area (Å²) >= 11 is 0. The number of sulfonamides is 1. The Morgan fingerprint density at radius 3 is 2.33 bits per heavy atom. The van der Waals surface area contributed by atoms with Gasteiger partial charge in [-0.1, -0.05) is 6.07 Å². The van der Waals surface area contributed by atoms with E-state index in [0.29, 0.717) is 35.4 Å². The van der Waals surface area contributed by atoms with Crippen LogP contribution in [0.3, 0.4) is 0 Å². The first-order chi connectivity index (χ1) is 14.3. The van der Waals surface area contributed by atoms with Gasteiger partial charge in [-0.3, -0.25) is 9.59 Å². The number of H-pyrrole nitrogens is 1. The van der Waals surface area contributed by atoms with E-state index in [1.165, 1.54) is 28.6 Å². The Hall–Kier alpha value is -2.97. The van der Waals surface area contributed by atoms with E-state index in [-0.39, 0.29) is 16.4 Å². The number of rotatable bonds is 4. The smallest absolute Gasteiger partial charge is 0.255 e. The number of aromatic nitrogens is 1. The number of nitrogens with zero attached hydrogens (tertiary/aromatic N) is 1. The topological polar surface area (TPSA) is 99.3 Å². The summed E-state index contributed by atoms with van der Waals surface area (Å²) in [5.74, 6) is -0.356. The number of anilines is 1. The van der Waals surface area contributed by atoms with E-state index in [0.717, 1.165) is 23.8 Å². The fourth-order valence-corrected chi connectivity index (χ4v) is 5.22. The van der Waals surface area contributed by atoms with Gasteiger partial charge in [-0.25, -0.2) is 8.42 Å². The number of amides is 1. The van der Waals surface area contributed by atoms with Crippen LogP contribution in [0.5, 0.6) is 0 Å². The third-order valence-corrected chi connectivity index (χ3v) is 7.56. The third-order valence-electron chi connectivity index (χ3n) is 5.65. The maximum absolute atomic E-state index is 12.6. The number of aromatic amines is 1. The Labute approximate surface area is 174 Å². The second kappa shape index (κ2) is 7.70. The first-order valence-corrected chi connectivity index (χ1v) is 11.3. The van der Waals surface area contributed by atoms with Crippen LogP contribution in [0.1, 0.15) is 34.3 Å². The SMILES string of the molecule is Cc1c(C)c2ccc(NC(=O)c3ccc(S(=O)(=O)N4CCCC4)cc3)cc2[nH]c1=O. The van der Waals surface area contributed by atoms with Crippen LogP contribution >= 0.6 is 0 Å². The molecule has 0 atom stereocenters. The molecule has 1 fully saturated rings. The van der Waals surface area contributed by atoms with Crippen LogP contribution in [-0.4, -0.2) is 36.7 Å². The Morgan fingerprint density at radius 1 is 1.00 bits per heavy atom. The van der Waals surface area contributed by atoms with Gasteiger partial charge in [-0.15, -0.1) is 0 Å². The van der Waals surface area contributed by atoms with Gasteiger partial charge >= 0.3 is 0 Å². The fourth-order valence-electron chi connectivity index (χ4n) is 3.70. The first-order valence-electron chi connectivity index (χ1n) is 9.82. The van der Waals surface area contributed by atoms with E-state index in [1.807, 2.05) is 13.0 Å². The van der Waals surface area contributed by atoms with Gasteiger partial charge in [0.1, 0.15) is 0 Å². The molecule has 1 amide bonds. The first kappa shape index (κ1) is 20.3. The van der Waals surface area contributed by atoms with Crippen LogP contribution in [0.15, 0.2) is 52.2 Å². The summed E-state index contributed by atoms with van der Waals surface area (Å²) in [4.78, 5) is 27.6. The molecule has 1 aliphatic rings. The van der Waals surface area contributed by atoms with Gasteiger partial charge in [0, 0.05) is 35.3 Å². The molecule has 0 unspecified atom stereocenters. The predicted molar refractivity (Wildman–Crippen MR) is 116 cm³/mol. The van der Waals surface area contributed by atoms with Crippen molar-refractivity contribution < 1.29 is 13.2 Å². The predicted octanol–water partition coefficient (Wildman–Crippen LogP) is 3.18. The number of benzene rings is 2. The second-order valence-electron chi connectivity index (χ2n) is 7.55. The van der Waals surface area contributed by atoms with Crippen molar-refractivity contribution in [1.29, 1.82) is 0 Å². The molecule has 30 heavy (non-hydrogen) atoms. The molecule has 0 saturated carbocycles. The molecule has 2 heterocycles. The molecule has 0 radical (unpaired) electrons. The number of aryl methyl sites for hydroxylation is 1. The van der Waals surface area contributed by atoms with Crippen molar-refractivity contribution in [2.75, 3.05) is 18.4 Å². The lowest BCUT2D eigenvalue weighted by atomic mass is 10.1. The molecular weight excluding hydrogens is 402 g/mol. The minimum absolute atomic E-state index is 0.154. The Bertz CT molecular complexity index is 1290. The highest BCUT2D eigenvalue weighted by Gasteiger charge is 2.27. The van der Waals surface area contributed by atoms with Gasteiger partial charge in [-0.2, -0.15) is 4.31 Å². The minimum Gasteiger partial charge on any atom is -0.322 e. The number of fused-ring (bicyclic) bond motifs is 1. The number of carbonyl (C=O) groups excluding carboxylic acids is 1. The molecule has 2 N–H and O–H groups in total. The van der Waals surface area contributed by atoms with Crippen molar-refractivity contribution in [2.45, 2.75) is 31.6 Å². The molecule has 2 aromatic carbocycles. The van der Waals surface area contributed by atoms with Crippen LogP contribution in [0.4, 0.5) is 5.69 Å². The number of nitrogens with one attached hydrogen (secondary N) is 2. The summed E-state index contributed by atoms with van der Waals surface area (Å²) in [6.07, 6.45) is 1.74. The van der Waals surface area contributed by atoms with Crippen molar-refractivity contribution in [3.63, 3.8) is 0 Å². The molecule has 0 bridgehead atoms. The maximum Gasteiger partial charge on any atom is 0.255 e. The number of pyridine rings is 1. The fraction of sp³-hybridized carbons (Fsp3) is 0.273. The van der Waals surface area contributed by atoms with E-state index in [1.54, 1.807) is 19.1 Å². The number of carbonyl (C=O) groups is 1. The molecular formula is C22H23N3O4S. The van der Waals surface area contributed by atoms with E-state index >= 15 is 0 Å². The van der Waals surface area contributed by atoms with Crippen molar-refractivity contribution in [1.82, 2.24) is 9.29 Å². The Balaban J connectivity index is 1.55. The zero-order chi connectivity index (χ0) is 21.5. The van der Waals surface area contributed by atoms with Crippen LogP contribution in [0, 0.1) is 13.8 Å². The molecule has 1 saturated heterocycles. The van der Waals surface area contributed by atoms with Gasteiger partial charge in [0.15, 0.2) is 0 Å². The highest BCUT2D eigenvalue weighted by Crippen LogP contribution is 2.23. The lowest BCUT2D eigenvalue weighted by Gasteiger charge is -2.15. The maximum atomic E-state index is 12.6. The van der Waals surface area contributed by atoms with E-state index in [4.69, 9.17) is 0 Å². The van der Waals surface area contributed by atoms with E-state index in [9.17, 15) is 18.0 Å². The van der Waals surface area contributed by atoms with Crippen molar-refractivity contribution >= 4 is 32.5 Å². The summed E-state index contributed by atoms with van der Waals surface area (Å²) in [7, 11) is -3.51. The average Bonchev–Trinajstić information content (AvgIpc) is 3.28. The van der Waals surface area contributed by atoms with Crippen LogP contribution < -0.4 is 10.9 Å². The quantitative estimate of drug-likeness (QED) is 0.671. The molecule has 156 valence electrons. The standard InChI is InChI=1S/C22H23N3O4S/c1-14-15(2)21(26)24-20-13-17(7-10-19(14)20)23-22(27)16-5-8-18(9-6-16)30(28,29)25-11-3-4-12-25/h5-10,13H,3-4,11-12H2,1-2H3,(H,23,27)(H,24,26). The van der Waals surface area contributed by atoms with E-state index in [2.05, 4.69) is 10.3 Å². The largest absolute Gasteiger partial charge is 0.322 e. The highest BCUT2D eigenvalue weighted by atomic mass is 32.2. The highest BCUT2D eigenvalue weighted by molar-refractivity contribution is 7.89. The zero-order valence-corrected chi connectivity index (χ0v) is 17.7. The monoisotopic (exact) mass is 425 g/mol. The second-order valence-corrected chi connectivity index (χ2v) is 9.49. The minimum atomic E-state index is -3.51. The van der Waals surface area contributed by atoms with Crippen molar-refractivity contribution in [2.24, 2.45) is 0 Å². The lowest BCUT2D eigenvalue weighted by molar-refractivity contribution is 0.102. The van der Waals surface area contributed by atoms with Crippen molar-refractivity contribution in [3.8, 4) is 0 Å². The lowest BCUT2D eigenvalue weighted by Crippen LogP contribution is -2.27. The van der Waals surface area contributed by atoms with E-state index < -0.39 is 10.0 Å². The molecule has 0 spiro atoms. The van der Waals surface area contributed by atoms with Gasteiger partial charge < -0.3 is 10.3 Å². The number of hydrogen-bond donors (Lipinski definition) is 2. The van der Waals surface area contributed by atoms with Gasteiger partial charge in [0.2, 0.25) is 10.0 Å². The summed E-state index contributed by atoms with van der Waals surface area (Å²) in [6.45, 7) is 4.74. The molecule has 7 nitrogen and oxygen atoms in total. The van der Waals surface area contributed by atoms with Gasteiger partial charge in [0.05, 0.1) is 10.4 Å². The van der Waals surface area contributed by atoms with Gasteiger partial charge in [-0.05, 0) is 68.7 Å². The third kappa shape index (κ3) is 3.64. The molecule has 4 rings (SSSR count). The Morgan fingerprint density at radius 2 is 1.67 bits per heavy atom. The molecule has 8 heteroatoms. The molecule has 1 aliphatic heterocycles. The average molecular weight is 426 g/mol. The van der Waals surface area contributed by atoms with Crippen LogP contribution in [-0.2, 0) is 10.0 Å². The normalized spacial score (nSPS) is 14.9. The molecule has 3 aromatic rings. The summed E-state index contributed by atoms with van der Waals surface area (Å²) in [5, 5.41) is 3.71. The van der Waals surface area contributed by atoms with Crippen LogP contribution in [0.25, 0.3) is 10.9 Å². The summed E-state index contributed by atoms with van der Waals surface area (Å²) in [5.41, 5.74) is 2.96. The van der Waals surface area contributed by atoms with Gasteiger partial charge in [0.25, 0.3) is 11.5 Å².